The fourth-order valence-electron chi connectivity index (χ4n) is 1.84. The highest BCUT2D eigenvalue weighted by Crippen LogP contribution is 2.17. The van der Waals surface area contributed by atoms with E-state index in [4.69, 9.17) is 4.74 Å². The van der Waals surface area contributed by atoms with Crippen molar-refractivity contribution in [2.24, 2.45) is 0 Å². The Morgan fingerprint density at radius 1 is 1.42 bits per heavy atom. The first-order valence-electron chi connectivity index (χ1n) is 6.82. The summed E-state index contributed by atoms with van der Waals surface area (Å²) < 4.78 is 5.30. The van der Waals surface area contributed by atoms with E-state index in [1.165, 1.54) is 12.5 Å². The first-order valence-corrected chi connectivity index (χ1v) is 6.82. The number of carbonyl (C=O) groups excluding carboxylic acids is 1. The minimum absolute atomic E-state index is 0.0468. The van der Waals surface area contributed by atoms with Gasteiger partial charge in [-0.25, -0.2) is 0 Å². The van der Waals surface area contributed by atoms with Crippen LogP contribution in [0.4, 0.5) is 5.69 Å². The molecule has 0 fully saturated rings. The van der Waals surface area contributed by atoms with E-state index in [2.05, 4.69) is 23.6 Å². The number of hydrogen-bond donors (Lipinski definition) is 2. The third-order valence-electron chi connectivity index (χ3n) is 2.83. The maximum atomic E-state index is 11.0. The Morgan fingerprint density at radius 3 is 2.89 bits per heavy atom. The molecule has 1 aromatic rings. The first-order chi connectivity index (χ1) is 9.13. The van der Waals surface area contributed by atoms with Crippen LogP contribution in [-0.4, -0.2) is 25.7 Å². The number of carbonyl (C=O) groups is 1. The molecule has 0 aliphatic carbocycles. The number of benzene rings is 1. The second-order valence-corrected chi connectivity index (χ2v) is 4.53. The molecule has 19 heavy (non-hydrogen) atoms. The molecule has 106 valence electrons. The highest BCUT2D eigenvalue weighted by atomic mass is 16.5. The molecule has 4 heteroatoms. The molecule has 1 rings (SSSR count). The van der Waals surface area contributed by atoms with Gasteiger partial charge in [-0.15, -0.1) is 0 Å². The Kier molecular flexibility index (Phi) is 7.15. The second kappa shape index (κ2) is 8.67. The van der Waals surface area contributed by atoms with Crippen LogP contribution in [0.2, 0.25) is 0 Å². The monoisotopic (exact) mass is 264 g/mol. The van der Waals surface area contributed by atoms with Crippen LogP contribution in [0.5, 0.6) is 0 Å². The largest absolute Gasteiger partial charge is 0.382 e. The van der Waals surface area contributed by atoms with Crippen molar-refractivity contribution >= 4 is 11.6 Å². The standard InChI is InChI=1S/C15H24N2O2/c1-4-19-10-6-9-16-12(2)14-7-5-8-15(11-14)17-13(3)18/h5,7-8,11-12,16H,4,6,9-10H2,1-3H3,(H,17,18). The van der Waals surface area contributed by atoms with Crippen molar-refractivity contribution in [3.63, 3.8) is 0 Å². The summed E-state index contributed by atoms with van der Waals surface area (Å²) in [5.74, 6) is -0.0468. The minimum atomic E-state index is -0.0468. The van der Waals surface area contributed by atoms with Crippen molar-refractivity contribution in [3.05, 3.63) is 29.8 Å². The summed E-state index contributed by atoms with van der Waals surface area (Å²) in [4.78, 5) is 11.0. The molecule has 0 aliphatic heterocycles. The maximum Gasteiger partial charge on any atom is 0.221 e. The third kappa shape index (κ3) is 6.36. The van der Waals surface area contributed by atoms with E-state index in [9.17, 15) is 4.79 Å². The summed E-state index contributed by atoms with van der Waals surface area (Å²) in [5, 5.41) is 6.24. The van der Waals surface area contributed by atoms with Gasteiger partial charge in [0.25, 0.3) is 0 Å². The van der Waals surface area contributed by atoms with Gasteiger partial charge < -0.3 is 15.4 Å². The average molecular weight is 264 g/mol. The van der Waals surface area contributed by atoms with Gasteiger partial charge in [-0.1, -0.05) is 12.1 Å². The number of rotatable bonds is 8. The lowest BCUT2D eigenvalue weighted by Crippen LogP contribution is -2.21. The van der Waals surface area contributed by atoms with E-state index in [1.807, 2.05) is 25.1 Å². The van der Waals surface area contributed by atoms with Gasteiger partial charge in [-0.3, -0.25) is 4.79 Å². The summed E-state index contributed by atoms with van der Waals surface area (Å²) in [6.07, 6.45) is 1.00. The molecule has 0 saturated heterocycles. The van der Waals surface area contributed by atoms with Gasteiger partial charge in [0.15, 0.2) is 0 Å². The molecule has 1 unspecified atom stereocenters. The number of anilines is 1. The summed E-state index contributed by atoms with van der Waals surface area (Å²) in [7, 11) is 0. The van der Waals surface area contributed by atoms with Gasteiger partial charge in [0, 0.05) is 31.9 Å². The van der Waals surface area contributed by atoms with Crippen LogP contribution in [0.15, 0.2) is 24.3 Å². The Bertz CT molecular complexity index is 393. The van der Waals surface area contributed by atoms with Crippen molar-refractivity contribution in [1.82, 2.24) is 5.32 Å². The van der Waals surface area contributed by atoms with Crippen LogP contribution in [0, 0.1) is 0 Å². The van der Waals surface area contributed by atoms with Crippen molar-refractivity contribution < 1.29 is 9.53 Å². The minimum Gasteiger partial charge on any atom is -0.382 e. The molecule has 1 amide bonds. The number of nitrogens with one attached hydrogen (secondary N) is 2. The second-order valence-electron chi connectivity index (χ2n) is 4.53. The summed E-state index contributed by atoms with van der Waals surface area (Å²) in [6.45, 7) is 8.13. The SMILES string of the molecule is CCOCCCNC(C)c1cccc(NC(C)=O)c1. The molecular formula is C15H24N2O2. The molecule has 0 aromatic heterocycles. The van der Waals surface area contributed by atoms with Crippen LogP contribution >= 0.6 is 0 Å². The quantitative estimate of drug-likeness (QED) is 0.710. The topological polar surface area (TPSA) is 50.4 Å². The number of ether oxygens (including phenoxy) is 1. The average Bonchev–Trinajstić information content (AvgIpc) is 2.38. The van der Waals surface area contributed by atoms with Crippen LogP contribution in [-0.2, 0) is 9.53 Å². The van der Waals surface area contributed by atoms with E-state index >= 15 is 0 Å². The zero-order valence-corrected chi connectivity index (χ0v) is 12.0. The summed E-state index contributed by atoms with van der Waals surface area (Å²) in [6, 6.07) is 8.18. The van der Waals surface area contributed by atoms with Crippen molar-refractivity contribution in [1.29, 1.82) is 0 Å². The lowest BCUT2D eigenvalue weighted by atomic mass is 10.1. The van der Waals surface area contributed by atoms with E-state index in [-0.39, 0.29) is 11.9 Å². The molecule has 2 N–H and O–H groups in total. The molecule has 1 atom stereocenters. The van der Waals surface area contributed by atoms with Crippen LogP contribution in [0.1, 0.15) is 38.8 Å². The van der Waals surface area contributed by atoms with Gasteiger partial charge in [-0.2, -0.15) is 0 Å². The summed E-state index contributed by atoms with van der Waals surface area (Å²) >= 11 is 0. The normalized spacial score (nSPS) is 12.2. The van der Waals surface area contributed by atoms with Gasteiger partial charge in [0.1, 0.15) is 0 Å². The van der Waals surface area contributed by atoms with E-state index < -0.39 is 0 Å². The molecule has 0 spiro atoms. The molecule has 0 saturated carbocycles. The molecule has 0 aliphatic rings. The smallest absolute Gasteiger partial charge is 0.221 e. The highest BCUT2D eigenvalue weighted by Gasteiger charge is 2.05. The van der Waals surface area contributed by atoms with Crippen molar-refractivity contribution in [2.75, 3.05) is 25.1 Å². The predicted molar refractivity (Wildman–Crippen MR) is 78.3 cm³/mol. The zero-order valence-electron chi connectivity index (χ0n) is 12.0. The van der Waals surface area contributed by atoms with E-state index in [0.29, 0.717) is 0 Å². The number of amides is 1. The Hall–Kier alpha value is -1.39. The van der Waals surface area contributed by atoms with E-state index in [1.54, 1.807) is 0 Å². The van der Waals surface area contributed by atoms with Gasteiger partial charge in [-0.05, 0) is 44.5 Å². The molecule has 0 bridgehead atoms. The number of hydrogen-bond acceptors (Lipinski definition) is 3. The third-order valence-corrected chi connectivity index (χ3v) is 2.83. The van der Waals surface area contributed by atoms with Crippen molar-refractivity contribution in [2.45, 2.75) is 33.2 Å². The Morgan fingerprint density at radius 2 is 2.21 bits per heavy atom. The predicted octanol–water partition coefficient (Wildman–Crippen LogP) is 2.72. The van der Waals surface area contributed by atoms with E-state index in [0.717, 1.165) is 31.9 Å². The van der Waals surface area contributed by atoms with Crippen LogP contribution in [0.25, 0.3) is 0 Å². The lowest BCUT2D eigenvalue weighted by molar-refractivity contribution is -0.114. The zero-order chi connectivity index (χ0) is 14.1. The molecule has 0 radical (unpaired) electrons. The first kappa shape index (κ1) is 15.7. The Labute approximate surface area is 115 Å². The van der Waals surface area contributed by atoms with Crippen LogP contribution < -0.4 is 10.6 Å². The highest BCUT2D eigenvalue weighted by molar-refractivity contribution is 5.88. The van der Waals surface area contributed by atoms with Crippen molar-refractivity contribution in [3.8, 4) is 0 Å². The fraction of sp³-hybridized carbons (Fsp3) is 0.533. The maximum absolute atomic E-state index is 11.0. The van der Waals surface area contributed by atoms with Gasteiger partial charge in [0.2, 0.25) is 5.91 Å². The Balaban J connectivity index is 2.43. The molecule has 4 nitrogen and oxygen atoms in total. The lowest BCUT2D eigenvalue weighted by Gasteiger charge is -2.15. The summed E-state index contributed by atoms with van der Waals surface area (Å²) in [5.41, 5.74) is 2.01. The van der Waals surface area contributed by atoms with Gasteiger partial charge >= 0.3 is 0 Å². The fourth-order valence-corrected chi connectivity index (χ4v) is 1.84. The molecule has 0 heterocycles. The molecular weight excluding hydrogens is 240 g/mol. The van der Waals surface area contributed by atoms with Gasteiger partial charge in [0.05, 0.1) is 0 Å². The van der Waals surface area contributed by atoms with Crippen LogP contribution in [0.3, 0.4) is 0 Å². The molecule has 1 aromatic carbocycles.